The summed E-state index contributed by atoms with van der Waals surface area (Å²) in [6.45, 7) is 1.85. The van der Waals surface area contributed by atoms with E-state index in [0.717, 1.165) is 31.4 Å². The van der Waals surface area contributed by atoms with Gasteiger partial charge in [-0.15, -0.1) is 0 Å². The fourth-order valence-corrected chi connectivity index (χ4v) is 6.17. The first-order chi connectivity index (χ1) is 18.8. The molecule has 5 N–H and O–H groups in total. The number of imidazole rings is 1. The molecule has 9 nitrogen and oxygen atoms in total. The van der Waals surface area contributed by atoms with Gasteiger partial charge < -0.3 is 21.5 Å². The number of hydrogen-bond acceptors (Lipinski definition) is 7. The summed E-state index contributed by atoms with van der Waals surface area (Å²) in [7, 11) is 0. The molecule has 1 aromatic carbocycles. The lowest BCUT2D eigenvalue weighted by Gasteiger charge is -2.35. The van der Waals surface area contributed by atoms with Crippen LogP contribution in [0.4, 0.5) is 30.8 Å². The molecule has 0 spiro atoms. The Bertz CT molecular complexity index is 1400. The Morgan fingerprint density at radius 3 is 2.42 bits per heavy atom. The highest BCUT2D eigenvalue weighted by molar-refractivity contribution is 6.39. The number of nitrogens with two attached hydrogens (primary N) is 1. The number of hydrogen-bond donors (Lipinski definition) is 4. The van der Waals surface area contributed by atoms with Gasteiger partial charge in [-0.3, -0.25) is 9.36 Å². The van der Waals surface area contributed by atoms with Crippen molar-refractivity contribution in [3.05, 3.63) is 33.9 Å². The van der Waals surface area contributed by atoms with Crippen LogP contribution in [0.2, 0.25) is 10.0 Å². The summed E-state index contributed by atoms with van der Waals surface area (Å²) in [5.41, 5.74) is 5.09. The summed E-state index contributed by atoms with van der Waals surface area (Å²) in [5, 5.41) is 16.0. The minimum absolute atomic E-state index is 0.0193. The molecule has 2 saturated carbocycles. The largest absolute Gasteiger partial charge is 0.416 e. The van der Waals surface area contributed by atoms with Crippen molar-refractivity contribution in [2.75, 3.05) is 10.6 Å². The van der Waals surface area contributed by atoms with Crippen LogP contribution in [-0.2, 0) is 11.0 Å². The number of carbonyl (C=O) groups excluding carboxylic acids is 1. The van der Waals surface area contributed by atoms with Gasteiger partial charge in [0.2, 0.25) is 17.8 Å². The third-order valence-corrected chi connectivity index (χ3v) is 8.63. The van der Waals surface area contributed by atoms with E-state index < -0.39 is 17.2 Å². The van der Waals surface area contributed by atoms with Crippen LogP contribution in [0.1, 0.15) is 69.9 Å². The van der Waals surface area contributed by atoms with Gasteiger partial charge in [-0.05, 0) is 63.5 Å². The number of fused-ring (bicyclic) bond motifs is 1. The topological polar surface area (TPSA) is 131 Å². The molecule has 1 amide bonds. The van der Waals surface area contributed by atoms with Crippen molar-refractivity contribution in [3.8, 4) is 0 Å². The van der Waals surface area contributed by atoms with E-state index >= 15 is 0 Å². The van der Waals surface area contributed by atoms with E-state index in [1.807, 2.05) is 11.5 Å². The number of anilines is 3. The van der Waals surface area contributed by atoms with Crippen molar-refractivity contribution < 1.29 is 23.1 Å². The third kappa shape index (κ3) is 5.80. The van der Waals surface area contributed by atoms with E-state index in [-0.39, 0.29) is 45.8 Å². The quantitative estimate of drug-likeness (QED) is 0.264. The third-order valence-electron chi connectivity index (χ3n) is 8.04. The zero-order valence-corrected chi connectivity index (χ0v) is 23.2. The first kappa shape index (κ1) is 28.7. The number of halogens is 5. The van der Waals surface area contributed by atoms with Gasteiger partial charge in [0.25, 0.3) is 0 Å². The maximum atomic E-state index is 13.3. The molecule has 3 aromatic rings. The average molecular weight is 600 g/mol. The summed E-state index contributed by atoms with van der Waals surface area (Å²) in [6.07, 6.45) is 1.98. The molecule has 2 fully saturated rings. The molecule has 0 radical (unpaired) electrons. The summed E-state index contributed by atoms with van der Waals surface area (Å²) in [6, 6.07) is 1.49. The molecule has 0 aliphatic heterocycles. The van der Waals surface area contributed by atoms with Gasteiger partial charge in [-0.2, -0.15) is 18.2 Å². The number of amides is 1. The number of carbonyl (C=O) groups is 1. The van der Waals surface area contributed by atoms with Crippen LogP contribution in [-0.4, -0.2) is 42.7 Å². The fraction of sp³-hybridized carbons (Fsp3) is 0.538. The van der Waals surface area contributed by atoms with E-state index in [0.29, 0.717) is 49.2 Å². The molecule has 2 aromatic heterocycles. The zero-order valence-electron chi connectivity index (χ0n) is 21.7. The Morgan fingerprint density at radius 2 is 1.82 bits per heavy atom. The van der Waals surface area contributed by atoms with E-state index in [4.69, 9.17) is 33.9 Å². The highest BCUT2D eigenvalue weighted by Crippen LogP contribution is 2.44. The summed E-state index contributed by atoms with van der Waals surface area (Å²) in [4.78, 5) is 25.8. The molecule has 14 heteroatoms. The molecule has 0 bridgehead atoms. The first-order valence-electron chi connectivity index (χ1n) is 13.2. The molecule has 0 saturated heterocycles. The highest BCUT2D eigenvalue weighted by Gasteiger charge is 2.38. The lowest BCUT2D eigenvalue weighted by Crippen LogP contribution is -2.38. The number of alkyl halides is 3. The average Bonchev–Trinajstić information content (AvgIpc) is 3.23. The maximum absolute atomic E-state index is 13.3. The van der Waals surface area contributed by atoms with Gasteiger partial charge in [0.1, 0.15) is 5.52 Å². The lowest BCUT2D eigenvalue weighted by molar-refractivity contribution is -0.137. The van der Waals surface area contributed by atoms with Crippen LogP contribution in [0.5, 0.6) is 0 Å². The molecule has 5 rings (SSSR count). The van der Waals surface area contributed by atoms with E-state index in [1.165, 1.54) is 0 Å². The number of nitrogens with zero attached hydrogens (tertiary/aromatic N) is 4. The SMILES string of the molecule is CC1(C(N)=O)CCC(n2c(Nc3c(Cl)cc(C(F)(F)F)cc3Cl)nc3cnc(N[C@@H]4CCC[C@H](O)C4)nc32)CC1. The molecule has 2 heterocycles. The predicted molar refractivity (Wildman–Crippen MR) is 147 cm³/mol. The van der Waals surface area contributed by atoms with Crippen molar-refractivity contribution in [1.29, 1.82) is 0 Å². The molecular weight excluding hydrogens is 570 g/mol. The smallest absolute Gasteiger partial charge is 0.393 e. The van der Waals surface area contributed by atoms with Crippen molar-refractivity contribution in [2.24, 2.45) is 11.1 Å². The van der Waals surface area contributed by atoms with Crippen molar-refractivity contribution in [1.82, 2.24) is 19.5 Å². The number of nitrogens with one attached hydrogen (secondary N) is 2. The minimum Gasteiger partial charge on any atom is -0.393 e. The Hall–Kier alpha value is -2.83. The minimum atomic E-state index is -4.61. The first-order valence-corrected chi connectivity index (χ1v) is 13.9. The molecule has 2 aliphatic carbocycles. The normalized spacial score (nSPS) is 25.6. The van der Waals surface area contributed by atoms with Gasteiger partial charge in [-0.1, -0.05) is 30.1 Å². The van der Waals surface area contributed by atoms with Crippen LogP contribution in [0.3, 0.4) is 0 Å². The van der Waals surface area contributed by atoms with Gasteiger partial charge in [0, 0.05) is 17.5 Å². The highest BCUT2D eigenvalue weighted by atomic mass is 35.5. The van der Waals surface area contributed by atoms with Gasteiger partial charge >= 0.3 is 6.18 Å². The molecule has 216 valence electrons. The van der Waals surface area contributed by atoms with Gasteiger partial charge in [0.05, 0.1) is 33.6 Å². The number of aliphatic hydroxyl groups is 1. The summed E-state index contributed by atoms with van der Waals surface area (Å²) in [5.74, 6) is 0.306. The summed E-state index contributed by atoms with van der Waals surface area (Å²) >= 11 is 12.5. The Kier molecular flexibility index (Phi) is 7.79. The van der Waals surface area contributed by atoms with E-state index in [1.54, 1.807) is 6.20 Å². The Balaban J connectivity index is 1.53. The van der Waals surface area contributed by atoms with Crippen LogP contribution < -0.4 is 16.4 Å². The van der Waals surface area contributed by atoms with Crippen molar-refractivity contribution >= 4 is 57.9 Å². The van der Waals surface area contributed by atoms with Crippen LogP contribution in [0, 0.1) is 5.41 Å². The predicted octanol–water partition coefficient (Wildman–Crippen LogP) is 6.22. The molecule has 40 heavy (non-hydrogen) atoms. The number of primary amides is 1. The zero-order chi connectivity index (χ0) is 28.8. The number of aromatic nitrogens is 4. The molecular formula is C26H30Cl2F3N7O2. The van der Waals surface area contributed by atoms with E-state index in [9.17, 15) is 23.1 Å². The fourth-order valence-electron chi connectivity index (χ4n) is 5.58. The molecule has 2 aliphatic rings. The van der Waals surface area contributed by atoms with E-state index in [2.05, 4.69) is 20.6 Å². The van der Waals surface area contributed by atoms with Gasteiger partial charge in [0.15, 0.2) is 5.65 Å². The van der Waals surface area contributed by atoms with Crippen molar-refractivity contribution in [3.63, 3.8) is 0 Å². The standard InChI is InChI=1S/C26H30Cl2F3N7O2/c1-25(22(32)40)7-5-15(6-8-25)38-21-19(12-33-23(37-21)34-14-3-2-4-16(39)11-14)35-24(38)36-20-17(27)9-13(10-18(20)28)26(29,30)31/h9-10,12,14-16,39H,2-8,11H2,1H3,(H2,32,40)(H,35,36)(H,33,34,37)/t14-,15?,16+,25?/m1/s1. The Labute approximate surface area is 238 Å². The monoisotopic (exact) mass is 599 g/mol. The maximum Gasteiger partial charge on any atom is 0.416 e. The van der Waals surface area contributed by atoms with Crippen molar-refractivity contribution in [2.45, 2.75) is 82.7 Å². The van der Waals surface area contributed by atoms with Crippen LogP contribution >= 0.6 is 23.2 Å². The van der Waals surface area contributed by atoms with Crippen LogP contribution in [0.15, 0.2) is 18.3 Å². The second-order valence-electron chi connectivity index (χ2n) is 11.0. The Morgan fingerprint density at radius 1 is 1.15 bits per heavy atom. The number of rotatable bonds is 6. The summed E-state index contributed by atoms with van der Waals surface area (Å²) < 4.78 is 41.7. The lowest BCUT2D eigenvalue weighted by atomic mass is 9.73. The molecule has 2 atom stereocenters. The number of aliphatic hydroxyl groups excluding tert-OH is 1. The second kappa shape index (κ2) is 10.9. The van der Waals surface area contributed by atoms with Crippen LogP contribution in [0.25, 0.3) is 11.2 Å². The van der Waals surface area contributed by atoms with Gasteiger partial charge in [-0.25, -0.2) is 9.97 Å². The number of benzene rings is 1. The molecule has 0 unspecified atom stereocenters. The second-order valence-corrected chi connectivity index (χ2v) is 11.8.